The second-order valence-corrected chi connectivity index (χ2v) is 5.90. The van der Waals surface area contributed by atoms with Crippen LogP contribution in [0.1, 0.15) is 26.7 Å². The standard InChI is InChI=1S/C17H25N3O2/c1-3-18-16(21)13(2)20-11-9-14(10-12-20)17(22)19-15-7-5-4-6-8-15/h4-8,13-14H,3,9-12H2,1-2H3,(H,18,21)(H,19,22)/p+1/t13-/m1/s1. The van der Waals surface area contributed by atoms with E-state index in [0.717, 1.165) is 31.6 Å². The van der Waals surface area contributed by atoms with Gasteiger partial charge in [-0.25, -0.2) is 0 Å². The number of hydrogen-bond donors (Lipinski definition) is 3. The third-order valence-electron chi connectivity index (χ3n) is 4.40. The van der Waals surface area contributed by atoms with Crippen LogP contribution in [0.25, 0.3) is 0 Å². The minimum atomic E-state index is -0.0434. The van der Waals surface area contributed by atoms with E-state index in [1.807, 2.05) is 44.2 Å². The maximum atomic E-state index is 12.3. The molecule has 0 aromatic heterocycles. The highest BCUT2D eigenvalue weighted by Crippen LogP contribution is 2.14. The molecule has 0 aliphatic carbocycles. The Hall–Kier alpha value is -1.88. The maximum Gasteiger partial charge on any atom is 0.278 e. The predicted molar refractivity (Wildman–Crippen MR) is 86.6 cm³/mol. The molecular formula is C17H26N3O2+. The number of likely N-dealkylation sites (tertiary alicyclic amines) is 1. The maximum absolute atomic E-state index is 12.3. The topological polar surface area (TPSA) is 62.6 Å². The summed E-state index contributed by atoms with van der Waals surface area (Å²) in [5.41, 5.74) is 0.845. The number of carbonyl (C=O) groups is 2. The first-order valence-electron chi connectivity index (χ1n) is 8.10. The lowest BCUT2D eigenvalue weighted by atomic mass is 9.94. The van der Waals surface area contributed by atoms with E-state index >= 15 is 0 Å². The molecule has 1 aromatic carbocycles. The summed E-state index contributed by atoms with van der Waals surface area (Å²) in [5, 5.41) is 5.84. The molecule has 1 aliphatic rings. The number of nitrogens with one attached hydrogen (secondary N) is 3. The molecule has 1 fully saturated rings. The molecule has 120 valence electrons. The Morgan fingerprint density at radius 3 is 2.45 bits per heavy atom. The summed E-state index contributed by atoms with van der Waals surface area (Å²) in [6.45, 7) is 6.29. The Morgan fingerprint density at radius 2 is 1.86 bits per heavy atom. The molecule has 0 unspecified atom stereocenters. The first kappa shape index (κ1) is 16.5. The van der Waals surface area contributed by atoms with Gasteiger partial charge in [0.05, 0.1) is 13.1 Å². The van der Waals surface area contributed by atoms with Crippen LogP contribution in [0.3, 0.4) is 0 Å². The SMILES string of the molecule is CCNC(=O)[C@@H](C)[NH+]1CCC(C(=O)Nc2ccccc2)CC1. The fourth-order valence-electron chi connectivity index (χ4n) is 2.96. The largest absolute Gasteiger partial charge is 0.351 e. The van der Waals surface area contributed by atoms with E-state index < -0.39 is 0 Å². The van der Waals surface area contributed by atoms with Crippen LogP contribution in [-0.4, -0.2) is 37.5 Å². The van der Waals surface area contributed by atoms with Crippen LogP contribution >= 0.6 is 0 Å². The normalized spacial score (nSPS) is 22.6. The number of rotatable bonds is 5. The highest BCUT2D eigenvalue weighted by atomic mass is 16.2. The Balaban J connectivity index is 1.81. The zero-order valence-corrected chi connectivity index (χ0v) is 13.4. The van der Waals surface area contributed by atoms with E-state index in [4.69, 9.17) is 0 Å². The molecule has 1 saturated heterocycles. The number of para-hydroxylation sites is 1. The molecular weight excluding hydrogens is 278 g/mol. The number of quaternary nitrogens is 1. The Kier molecular flexibility index (Phi) is 5.95. The van der Waals surface area contributed by atoms with Crippen molar-refractivity contribution in [3.05, 3.63) is 30.3 Å². The molecule has 3 N–H and O–H groups in total. The third kappa shape index (κ3) is 4.31. The average Bonchev–Trinajstić information content (AvgIpc) is 2.55. The minimum absolute atomic E-state index is 0.0434. The summed E-state index contributed by atoms with van der Waals surface area (Å²) in [5.74, 6) is 0.242. The number of amides is 2. The summed E-state index contributed by atoms with van der Waals surface area (Å²) in [6, 6.07) is 9.51. The lowest BCUT2D eigenvalue weighted by Crippen LogP contribution is -3.17. The van der Waals surface area contributed by atoms with E-state index in [0.29, 0.717) is 6.54 Å². The highest BCUT2D eigenvalue weighted by molar-refractivity contribution is 5.92. The number of piperidine rings is 1. The Bertz CT molecular complexity index is 496. The van der Waals surface area contributed by atoms with Crippen molar-refractivity contribution >= 4 is 17.5 Å². The molecule has 5 nitrogen and oxygen atoms in total. The van der Waals surface area contributed by atoms with E-state index in [-0.39, 0.29) is 23.8 Å². The molecule has 2 rings (SSSR count). The van der Waals surface area contributed by atoms with Gasteiger partial charge in [-0.15, -0.1) is 0 Å². The predicted octanol–water partition coefficient (Wildman–Crippen LogP) is 0.445. The van der Waals surface area contributed by atoms with Gasteiger partial charge in [0.2, 0.25) is 5.91 Å². The van der Waals surface area contributed by atoms with Crippen LogP contribution in [0.5, 0.6) is 0 Å². The van der Waals surface area contributed by atoms with Gasteiger partial charge in [-0.1, -0.05) is 18.2 Å². The quantitative estimate of drug-likeness (QED) is 0.739. The number of carbonyl (C=O) groups excluding carboxylic acids is 2. The van der Waals surface area contributed by atoms with Gasteiger partial charge in [0.1, 0.15) is 0 Å². The van der Waals surface area contributed by atoms with Crippen molar-refractivity contribution in [3.8, 4) is 0 Å². The molecule has 0 saturated carbocycles. The van der Waals surface area contributed by atoms with E-state index in [1.54, 1.807) is 0 Å². The van der Waals surface area contributed by atoms with Gasteiger partial charge in [-0.3, -0.25) is 9.59 Å². The summed E-state index contributed by atoms with van der Waals surface area (Å²) in [6.07, 6.45) is 1.66. The zero-order chi connectivity index (χ0) is 15.9. The molecule has 0 spiro atoms. The van der Waals surface area contributed by atoms with Gasteiger partial charge in [0.25, 0.3) is 5.91 Å². The van der Waals surface area contributed by atoms with Crippen molar-refractivity contribution in [2.45, 2.75) is 32.7 Å². The van der Waals surface area contributed by atoms with Gasteiger partial charge in [-0.05, 0) is 26.0 Å². The van der Waals surface area contributed by atoms with Crippen molar-refractivity contribution in [2.75, 3.05) is 25.0 Å². The van der Waals surface area contributed by atoms with Crippen LogP contribution < -0.4 is 15.5 Å². The summed E-state index contributed by atoms with van der Waals surface area (Å²) < 4.78 is 0. The fourth-order valence-corrected chi connectivity index (χ4v) is 2.96. The van der Waals surface area contributed by atoms with E-state index in [1.165, 1.54) is 4.90 Å². The molecule has 1 atom stereocenters. The van der Waals surface area contributed by atoms with Crippen LogP contribution in [0.2, 0.25) is 0 Å². The summed E-state index contributed by atoms with van der Waals surface area (Å²) in [7, 11) is 0. The Labute approximate surface area is 132 Å². The van der Waals surface area contributed by atoms with Gasteiger partial charge in [0.15, 0.2) is 6.04 Å². The van der Waals surface area contributed by atoms with Gasteiger partial charge in [0, 0.05) is 31.0 Å². The van der Waals surface area contributed by atoms with E-state index in [2.05, 4.69) is 10.6 Å². The summed E-state index contributed by atoms with van der Waals surface area (Å²) in [4.78, 5) is 25.4. The average molecular weight is 304 g/mol. The van der Waals surface area contributed by atoms with Crippen LogP contribution in [0.15, 0.2) is 30.3 Å². The highest BCUT2D eigenvalue weighted by Gasteiger charge is 2.32. The Morgan fingerprint density at radius 1 is 1.23 bits per heavy atom. The summed E-state index contributed by atoms with van der Waals surface area (Å²) >= 11 is 0. The molecule has 1 heterocycles. The number of hydrogen-bond acceptors (Lipinski definition) is 2. The van der Waals surface area contributed by atoms with Gasteiger partial charge < -0.3 is 15.5 Å². The second-order valence-electron chi connectivity index (χ2n) is 5.90. The molecule has 0 radical (unpaired) electrons. The van der Waals surface area contributed by atoms with Crippen molar-refractivity contribution in [2.24, 2.45) is 5.92 Å². The first-order valence-corrected chi connectivity index (χ1v) is 8.10. The molecule has 1 aromatic rings. The zero-order valence-electron chi connectivity index (χ0n) is 13.4. The van der Waals surface area contributed by atoms with Crippen molar-refractivity contribution in [3.63, 3.8) is 0 Å². The van der Waals surface area contributed by atoms with Gasteiger partial charge in [-0.2, -0.15) is 0 Å². The molecule has 0 bridgehead atoms. The second kappa shape index (κ2) is 7.94. The number of anilines is 1. The molecule has 22 heavy (non-hydrogen) atoms. The van der Waals surface area contributed by atoms with Crippen molar-refractivity contribution in [1.29, 1.82) is 0 Å². The van der Waals surface area contributed by atoms with Crippen molar-refractivity contribution < 1.29 is 14.5 Å². The fraction of sp³-hybridized carbons (Fsp3) is 0.529. The number of likely N-dealkylation sites (N-methyl/N-ethyl adjacent to an activating group) is 1. The van der Waals surface area contributed by atoms with Crippen LogP contribution in [0.4, 0.5) is 5.69 Å². The lowest BCUT2D eigenvalue weighted by molar-refractivity contribution is -0.919. The molecule has 5 heteroatoms. The third-order valence-corrected chi connectivity index (χ3v) is 4.40. The lowest BCUT2D eigenvalue weighted by Gasteiger charge is -2.32. The monoisotopic (exact) mass is 304 g/mol. The van der Waals surface area contributed by atoms with Crippen LogP contribution in [0, 0.1) is 5.92 Å². The number of benzene rings is 1. The molecule has 2 amide bonds. The van der Waals surface area contributed by atoms with Gasteiger partial charge >= 0.3 is 0 Å². The van der Waals surface area contributed by atoms with Crippen molar-refractivity contribution in [1.82, 2.24) is 5.32 Å². The van der Waals surface area contributed by atoms with E-state index in [9.17, 15) is 9.59 Å². The smallest absolute Gasteiger partial charge is 0.278 e. The first-order chi connectivity index (χ1) is 10.6. The van der Waals surface area contributed by atoms with Crippen LogP contribution in [-0.2, 0) is 9.59 Å². The minimum Gasteiger partial charge on any atom is -0.351 e. The molecule has 1 aliphatic heterocycles.